The highest BCUT2D eigenvalue weighted by atomic mass is 35.5. The molecule has 0 bridgehead atoms. The van der Waals surface area contributed by atoms with Gasteiger partial charge in [0.1, 0.15) is 5.82 Å². The molecule has 2 aromatic rings. The molecule has 0 radical (unpaired) electrons. The molecule has 0 saturated heterocycles. The molecule has 0 fully saturated rings. The first kappa shape index (κ1) is 16.3. The van der Waals surface area contributed by atoms with Crippen molar-refractivity contribution in [2.45, 2.75) is 13.0 Å². The number of benzene rings is 2. The van der Waals surface area contributed by atoms with Crippen molar-refractivity contribution in [2.24, 2.45) is 0 Å². The fraction of sp³-hybridized carbons (Fsp3) is 0.125. The van der Waals surface area contributed by atoms with E-state index in [1.807, 2.05) is 6.07 Å². The molecule has 0 aromatic heterocycles. The van der Waals surface area contributed by atoms with Gasteiger partial charge in [-0.2, -0.15) is 5.26 Å². The number of amides is 1. The summed E-state index contributed by atoms with van der Waals surface area (Å²) in [5.41, 5.74) is 1.30. The minimum atomic E-state index is -0.597. The van der Waals surface area contributed by atoms with Crippen LogP contribution in [-0.2, 0) is 0 Å². The van der Waals surface area contributed by atoms with E-state index < -0.39 is 11.9 Å². The van der Waals surface area contributed by atoms with Gasteiger partial charge in [-0.25, -0.2) is 4.39 Å². The van der Waals surface area contributed by atoms with Gasteiger partial charge in [0.05, 0.1) is 22.7 Å². The number of hydrogen-bond acceptors (Lipinski definition) is 2. The highest BCUT2D eigenvalue weighted by molar-refractivity contribution is 6.35. The molecule has 0 aliphatic carbocycles. The van der Waals surface area contributed by atoms with Crippen molar-refractivity contribution in [1.82, 2.24) is 5.32 Å². The smallest absolute Gasteiger partial charge is 0.251 e. The predicted molar refractivity (Wildman–Crippen MR) is 83.5 cm³/mol. The zero-order valence-electron chi connectivity index (χ0n) is 11.5. The summed E-state index contributed by atoms with van der Waals surface area (Å²) in [5.74, 6) is -0.941. The highest BCUT2D eigenvalue weighted by Gasteiger charge is 2.16. The van der Waals surface area contributed by atoms with Crippen LogP contribution in [-0.4, -0.2) is 5.91 Å². The number of rotatable bonds is 3. The summed E-state index contributed by atoms with van der Waals surface area (Å²) >= 11 is 11.7. The van der Waals surface area contributed by atoms with Crippen LogP contribution in [0.2, 0.25) is 10.0 Å². The van der Waals surface area contributed by atoms with Gasteiger partial charge in [-0.1, -0.05) is 23.2 Å². The monoisotopic (exact) mass is 336 g/mol. The maximum Gasteiger partial charge on any atom is 0.251 e. The van der Waals surface area contributed by atoms with Gasteiger partial charge in [-0.15, -0.1) is 0 Å². The Bertz CT molecular complexity index is 754. The molecule has 2 aromatic carbocycles. The fourth-order valence-electron chi connectivity index (χ4n) is 1.92. The van der Waals surface area contributed by atoms with Crippen molar-refractivity contribution in [2.75, 3.05) is 0 Å². The second-order valence-electron chi connectivity index (χ2n) is 4.67. The highest BCUT2D eigenvalue weighted by Crippen LogP contribution is 2.28. The molecule has 2 rings (SSSR count). The van der Waals surface area contributed by atoms with E-state index in [-0.39, 0.29) is 16.0 Å². The van der Waals surface area contributed by atoms with Gasteiger partial charge < -0.3 is 5.32 Å². The van der Waals surface area contributed by atoms with Crippen LogP contribution in [0.1, 0.15) is 34.5 Å². The Hall–Kier alpha value is -2.09. The molecule has 1 N–H and O–H groups in total. The first-order valence-electron chi connectivity index (χ1n) is 6.38. The molecule has 1 atom stereocenters. The molecule has 0 saturated carbocycles. The van der Waals surface area contributed by atoms with E-state index in [0.717, 1.165) is 0 Å². The first-order valence-corrected chi connectivity index (χ1v) is 7.13. The summed E-state index contributed by atoms with van der Waals surface area (Å²) < 4.78 is 13.5. The minimum absolute atomic E-state index is 0.0700. The Balaban J connectivity index is 2.17. The second-order valence-corrected chi connectivity index (χ2v) is 5.49. The third kappa shape index (κ3) is 3.56. The van der Waals surface area contributed by atoms with E-state index in [2.05, 4.69) is 5.32 Å². The molecule has 6 heteroatoms. The van der Waals surface area contributed by atoms with E-state index in [0.29, 0.717) is 16.7 Å². The molecule has 112 valence electrons. The SMILES string of the molecule is C[C@H](NC(=O)c1ccc(C#N)cc1)c1cc(F)c(Cl)cc1Cl. The van der Waals surface area contributed by atoms with E-state index in [4.69, 9.17) is 28.5 Å². The normalized spacial score (nSPS) is 11.6. The van der Waals surface area contributed by atoms with Gasteiger partial charge in [-0.05, 0) is 48.9 Å². The van der Waals surface area contributed by atoms with Crippen LogP contribution in [0.3, 0.4) is 0 Å². The molecule has 1 amide bonds. The predicted octanol–water partition coefficient (Wildman–Crippen LogP) is 4.50. The van der Waals surface area contributed by atoms with Gasteiger partial charge in [0.25, 0.3) is 5.91 Å². The lowest BCUT2D eigenvalue weighted by atomic mass is 10.1. The fourth-order valence-corrected chi connectivity index (χ4v) is 2.47. The molecule has 0 spiro atoms. The van der Waals surface area contributed by atoms with Crippen LogP contribution in [0.5, 0.6) is 0 Å². The molecule has 22 heavy (non-hydrogen) atoms. The summed E-state index contributed by atoms with van der Waals surface area (Å²) in [6.07, 6.45) is 0. The molecule has 0 unspecified atom stereocenters. The van der Waals surface area contributed by atoms with Crippen molar-refractivity contribution < 1.29 is 9.18 Å². The average Bonchev–Trinajstić information content (AvgIpc) is 2.50. The maximum absolute atomic E-state index is 13.5. The zero-order chi connectivity index (χ0) is 16.3. The van der Waals surface area contributed by atoms with E-state index in [1.54, 1.807) is 31.2 Å². The quantitative estimate of drug-likeness (QED) is 0.839. The Morgan fingerprint density at radius 1 is 1.23 bits per heavy atom. The molecule has 0 heterocycles. The van der Waals surface area contributed by atoms with Crippen molar-refractivity contribution in [1.29, 1.82) is 5.26 Å². The third-order valence-corrected chi connectivity index (χ3v) is 3.75. The van der Waals surface area contributed by atoms with Crippen LogP contribution in [0.25, 0.3) is 0 Å². The molecular weight excluding hydrogens is 326 g/mol. The lowest BCUT2D eigenvalue weighted by Crippen LogP contribution is -2.26. The summed E-state index contributed by atoms with van der Waals surface area (Å²) in [4.78, 5) is 12.1. The van der Waals surface area contributed by atoms with Crippen molar-refractivity contribution >= 4 is 29.1 Å². The average molecular weight is 337 g/mol. The van der Waals surface area contributed by atoms with Crippen molar-refractivity contribution in [3.63, 3.8) is 0 Å². The molecule has 3 nitrogen and oxygen atoms in total. The van der Waals surface area contributed by atoms with Gasteiger partial charge >= 0.3 is 0 Å². The van der Waals surface area contributed by atoms with Crippen LogP contribution < -0.4 is 5.32 Å². The molecule has 0 aliphatic rings. The summed E-state index contributed by atoms with van der Waals surface area (Å²) in [6.45, 7) is 1.69. The lowest BCUT2D eigenvalue weighted by molar-refractivity contribution is 0.0940. The van der Waals surface area contributed by atoms with Crippen LogP contribution >= 0.6 is 23.2 Å². The van der Waals surface area contributed by atoms with Crippen LogP contribution in [0.15, 0.2) is 36.4 Å². The number of nitrogens with zero attached hydrogens (tertiary/aromatic N) is 1. The zero-order valence-corrected chi connectivity index (χ0v) is 13.0. The van der Waals surface area contributed by atoms with Crippen LogP contribution in [0.4, 0.5) is 4.39 Å². The number of nitrogens with one attached hydrogen (secondary N) is 1. The molecular formula is C16H11Cl2FN2O. The minimum Gasteiger partial charge on any atom is -0.345 e. The Morgan fingerprint density at radius 2 is 1.86 bits per heavy atom. The van der Waals surface area contributed by atoms with Gasteiger partial charge in [-0.3, -0.25) is 4.79 Å². The summed E-state index contributed by atoms with van der Waals surface area (Å²) in [7, 11) is 0. The number of carbonyl (C=O) groups excluding carboxylic acids is 1. The van der Waals surface area contributed by atoms with Gasteiger partial charge in [0.15, 0.2) is 0 Å². The lowest BCUT2D eigenvalue weighted by Gasteiger charge is -2.16. The number of hydrogen-bond donors (Lipinski definition) is 1. The molecule has 0 aliphatic heterocycles. The van der Waals surface area contributed by atoms with E-state index >= 15 is 0 Å². The first-order chi connectivity index (χ1) is 10.4. The number of carbonyl (C=O) groups is 1. The van der Waals surface area contributed by atoms with Crippen molar-refractivity contribution in [3.8, 4) is 6.07 Å². The maximum atomic E-state index is 13.5. The number of halogens is 3. The van der Waals surface area contributed by atoms with Crippen molar-refractivity contribution in [3.05, 3.63) is 69.0 Å². The Labute approximate surface area is 137 Å². The Kier molecular flexibility index (Phi) is 5.02. The topological polar surface area (TPSA) is 52.9 Å². The van der Waals surface area contributed by atoms with Crippen LogP contribution in [0, 0.1) is 17.1 Å². The summed E-state index contributed by atoms with van der Waals surface area (Å²) in [6, 6.07) is 10.2. The third-order valence-electron chi connectivity index (χ3n) is 3.13. The Morgan fingerprint density at radius 3 is 2.45 bits per heavy atom. The van der Waals surface area contributed by atoms with E-state index in [9.17, 15) is 9.18 Å². The van der Waals surface area contributed by atoms with Gasteiger partial charge in [0.2, 0.25) is 0 Å². The largest absolute Gasteiger partial charge is 0.345 e. The number of nitriles is 1. The van der Waals surface area contributed by atoms with E-state index in [1.165, 1.54) is 12.1 Å². The standard InChI is InChI=1S/C16H11Cl2FN2O/c1-9(12-6-15(19)14(18)7-13(12)17)21-16(22)11-4-2-10(8-20)3-5-11/h2-7,9H,1H3,(H,21,22)/t9-/m0/s1. The summed E-state index contributed by atoms with van der Waals surface area (Å²) in [5, 5.41) is 11.7. The van der Waals surface area contributed by atoms with Gasteiger partial charge in [0, 0.05) is 10.6 Å². The second kappa shape index (κ2) is 6.78.